The largest absolute Gasteiger partial charge is 0.475 e. The quantitative estimate of drug-likeness (QED) is 0.158. The first-order valence-electron chi connectivity index (χ1n) is 12.6. The number of hydrogen-bond donors (Lipinski definition) is 4. The summed E-state index contributed by atoms with van der Waals surface area (Å²) in [6, 6.07) is 2.13. The first-order chi connectivity index (χ1) is 17.5. The van der Waals surface area contributed by atoms with E-state index < -0.39 is 19.2 Å². The number of carbonyl (C=O) groups excluding carboxylic acids is 1. The van der Waals surface area contributed by atoms with Gasteiger partial charge in [0.15, 0.2) is 0 Å². The molecule has 37 heavy (non-hydrogen) atoms. The van der Waals surface area contributed by atoms with Crippen molar-refractivity contribution in [3.63, 3.8) is 0 Å². The normalized spacial score (nSPS) is 18.3. The number of allylic oxidation sites excluding steroid dienone is 3. The van der Waals surface area contributed by atoms with Crippen LogP contribution in [-0.2, 0) is 9.53 Å². The molecule has 2 heterocycles. The third-order valence-electron chi connectivity index (χ3n) is 6.29. The molecule has 2 aliphatic heterocycles. The zero-order chi connectivity index (χ0) is 27.8. The minimum absolute atomic E-state index is 0.106. The monoisotopic (exact) mass is 516 g/mol. The number of carboxylic acid groups (broad SMARTS) is 1. The number of amides is 2. The summed E-state index contributed by atoms with van der Waals surface area (Å²) in [5.74, 6) is -1.09. The molecule has 0 aromatic carbocycles. The predicted molar refractivity (Wildman–Crippen MR) is 143 cm³/mol. The van der Waals surface area contributed by atoms with E-state index in [1.807, 2.05) is 16.3 Å². The number of morpholine rings is 1. The van der Waals surface area contributed by atoms with Crippen molar-refractivity contribution in [2.24, 2.45) is 0 Å². The van der Waals surface area contributed by atoms with E-state index in [4.69, 9.17) is 19.9 Å². The maximum absolute atomic E-state index is 12.6. The van der Waals surface area contributed by atoms with Gasteiger partial charge in [-0.15, -0.1) is 0 Å². The molecule has 204 valence electrons. The molecule has 2 saturated heterocycles. The molecule has 0 bridgehead atoms. The Kier molecular flexibility index (Phi) is 14.6. The number of hydrogen-bond acceptors (Lipinski definition) is 7. The highest BCUT2D eigenvalue weighted by molar-refractivity contribution is 6.43. The Hall–Kier alpha value is -2.91. The number of rotatable bonds is 9. The average Bonchev–Trinajstić information content (AvgIpc) is 3.16. The summed E-state index contributed by atoms with van der Waals surface area (Å²) in [5, 5.41) is 37.7. The molecule has 0 aliphatic carbocycles. The standard InChI is InChI=1S/C17H27N3O2.C9H14BNO4/c1-17(2,20-9-11-22-12-10-20)13-15(14-18)16(21)19-7-5-3-4-6-8-19;1-3-5-7(4-2)6-8(10(14)15)11-9(12)13/h13H,3-12H2,1-2H3;3-5,8,11,14-15H,1-2,6H2,(H,12,13)/b15-13+;7-5+. The summed E-state index contributed by atoms with van der Waals surface area (Å²) >= 11 is 0. The highest BCUT2D eigenvalue weighted by Crippen LogP contribution is 2.21. The van der Waals surface area contributed by atoms with Crippen LogP contribution < -0.4 is 5.32 Å². The third kappa shape index (κ3) is 11.8. The van der Waals surface area contributed by atoms with Crippen LogP contribution in [0.5, 0.6) is 0 Å². The summed E-state index contributed by atoms with van der Waals surface area (Å²) in [4.78, 5) is 27.1. The van der Waals surface area contributed by atoms with Gasteiger partial charge in [0.25, 0.3) is 5.91 Å². The van der Waals surface area contributed by atoms with E-state index in [0.29, 0.717) is 18.8 Å². The van der Waals surface area contributed by atoms with Crippen LogP contribution in [0.3, 0.4) is 0 Å². The lowest BCUT2D eigenvalue weighted by Crippen LogP contribution is -2.49. The van der Waals surface area contributed by atoms with Crippen molar-refractivity contribution in [2.45, 2.75) is 57.4 Å². The fourth-order valence-electron chi connectivity index (χ4n) is 4.18. The second-order valence-corrected chi connectivity index (χ2v) is 9.48. The number of nitrogens with zero attached hydrogens (tertiary/aromatic N) is 3. The fraction of sp³-hybridized carbons (Fsp3) is 0.577. The number of nitriles is 1. The Morgan fingerprint density at radius 1 is 1.14 bits per heavy atom. The molecule has 1 unspecified atom stereocenters. The summed E-state index contributed by atoms with van der Waals surface area (Å²) < 4.78 is 5.38. The lowest BCUT2D eigenvalue weighted by atomic mass is 9.76. The molecule has 2 aliphatic rings. The van der Waals surface area contributed by atoms with Gasteiger partial charge in [0.1, 0.15) is 11.6 Å². The zero-order valence-electron chi connectivity index (χ0n) is 22.1. The van der Waals surface area contributed by atoms with Gasteiger partial charge in [0, 0.05) is 31.7 Å². The van der Waals surface area contributed by atoms with Crippen LogP contribution in [0.15, 0.2) is 48.6 Å². The van der Waals surface area contributed by atoms with Crippen LogP contribution in [0.25, 0.3) is 0 Å². The number of ether oxygens (including phenoxy) is 1. The first-order valence-corrected chi connectivity index (χ1v) is 12.6. The van der Waals surface area contributed by atoms with Gasteiger partial charge < -0.3 is 30.1 Å². The van der Waals surface area contributed by atoms with Crippen molar-refractivity contribution in [1.29, 1.82) is 5.26 Å². The van der Waals surface area contributed by atoms with Crippen molar-refractivity contribution >= 4 is 19.1 Å². The summed E-state index contributed by atoms with van der Waals surface area (Å²) in [6.45, 7) is 15.7. The summed E-state index contributed by atoms with van der Waals surface area (Å²) in [7, 11) is -1.76. The van der Waals surface area contributed by atoms with E-state index in [0.717, 1.165) is 39.0 Å². The van der Waals surface area contributed by atoms with Crippen molar-refractivity contribution in [3.05, 3.63) is 48.6 Å². The topological polar surface area (TPSA) is 146 Å². The minimum Gasteiger partial charge on any atom is -0.465 e. The molecule has 1 atom stereocenters. The summed E-state index contributed by atoms with van der Waals surface area (Å²) in [5.41, 5.74) is 0.631. The average molecular weight is 516 g/mol. The van der Waals surface area contributed by atoms with Gasteiger partial charge in [0.05, 0.1) is 19.2 Å². The molecule has 2 amide bonds. The Balaban J connectivity index is 0.000000401. The Bertz CT molecular complexity index is 867. The SMILES string of the molecule is C=C/C=C(\C=C)CC(NC(=O)O)B(O)O.CC(C)(/C=C(\C#N)C(=O)N1CCCCCC1)N1CCOCC1. The van der Waals surface area contributed by atoms with Crippen LogP contribution in [0.2, 0.25) is 0 Å². The number of carbonyl (C=O) groups is 2. The van der Waals surface area contributed by atoms with Gasteiger partial charge in [-0.3, -0.25) is 9.69 Å². The van der Waals surface area contributed by atoms with Gasteiger partial charge in [0.2, 0.25) is 0 Å². The molecular formula is C26H41BN4O6. The summed E-state index contributed by atoms with van der Waals surface area (Å²) in [6.07, 6.45) is 9.73. The Morgan fingerprint density at radius 2 is 1.73 bits per heavy atom. The van der Waals surface area contributed by atoms with Crippen molar-refractivity contribution in [2.75, 3.05) is 39.4 Å². The maximum atomic E-state index is 12.6. The van der Waals surface area contributed by atoms with E-state index in [9.17, 15) is 14.9 Å². The molecule has 10 nitrogen and oxygen atoms in total. The van der Waals surface area contributed by atoms with E-state index in [1.54, 1.807) is 6.08 Å². The lowest BCUT2D eigenvalue weighted by Gasteiger charge is -2.39. The highest BCUT2D eigenvalue weighted by atomic mass is 16.5. The molecule has 2 fully saturated rings. The van der Waals surface area contributed by atoms with E-state index in [2.05, 4.69) is 38.0 Å². The highest BCUT2D eigenvalue weighted by Gasteiger charge is 2.29. The van der Waals surface area contributed by atoms with E-state index in [-0.39, 0.29) is 23.4 Å². The van der Waals surface area contributed by atoms with Crippen molar-refractivity contribution in [1.82, 2.24) is 15.1 Å². The van der Waals surface area contributed by atoms with Crippen LogP contribution in [-0.4, -0.2) is 94.9 Å². The second kappa shape index (κ2) is 16.8. The zero-order valence-corrected chi connectivity index (χ0v) is 22.1. The van der Waals surface area contributed by atoms with Crippen molar-refractivity contribution in [3.8, 4) is 6.07 Å². The maximum Gasteiger partial charge on any atom is 0.475 e. The second-order valence-electron chi connectivity index (χ2n) is 9.48. The van der Waals surface area contributed by atoms with Gasteiger partial charge in [-0.2, -0.15) is 5.26 Å². The minimum atomic E-state index is -1.76. The predicted octanol–water partition coefficient (Wildman–Crippen LogP) is 2.27. The van der Waals surface area contributed by atoms with E-state index in [1.165, 1.54) is 25.0 Å². The van der Waals surface area contributed by atoms with Gasteiger partial charge in [-0.1, -0.05) is 44.2 Å². The Labute approximate surface area is 220 Å². The van der Waals surface area contributed by atoms with Gasteiger partial charge in [-0.05, 0) is 44.8 Å². The van der Waals surface area contributed by atoms with Crippen LogP contribution in [0.4, 0.5) is 4.79 Å². The molecule has 11 heteroatoms. The molecule has 2 rings (SSSR count). The number of nitrogens with one attached hydrogen (secondary N) is 1. The van der Waals surface area contributed by atoms with Crippen LogP contribution in [0.1, 0.15) is 46.0 Å². The van der Waals surface area contributed by atoms with Crippen LogP contribution in [0, 0.1) is 11.3 Å². The third-order valence-corrected chi connectivity index (χ3v) is 6.29. The molecule has 4 N–H and O–H groups in total. The fourth-order valence-corrected chi connectivity index (χ4v) is 4.18. The van der Waals surface area contributed by atoms with E-state index >= 15 is 0 Å². The lowest BCUT2D eigenvalue weighted by molar-refractivity contribution is -0.126. The van der Waals surface area contributed by atoms with Crippen LogP contribution >= 0.6 is 0 Å². The molecule has 0 spiro atoms. The molecule has 0 radical (unpaired) electrons. The Morgan fingerprint density at radius 3 is 2.19 bits per heavy atom. The molecule has 0 saturated carbocycles. The smallest absolute Gasteiger partial charge is 0.465 e. The number of likely N-dealkylation sites (tertiary alicyclic amines) is 1. The first kappa shape index (κ1) is 32.1. The van der Waals surface area contributed by atoms with Gasteiger partial charge >= 0.3 is 13.2 Å². The van der Waals surface area contributed by atoms with Gasteiger partial charge in [-0.25, -0.2) is 4.79 Å². The molecular weight excluding hydrogens is 475 g/mol. The molecule has 0 aromatic heterocycles. The van der Waals surface area contributed by atoms with Crippen molar-refractivity contribution < 1.29 is 29.5 Å². The molecule has 0 aromatic rings.